The minimum absolute atomic E-state index is 0.0268. The molecule has 1 aliphatic heterocycles. The molecule has 4 aromatic carbocycles. The van der Waals surface area contributed by atoms with Gasteiger partial charge in [0.1, 0.15) is 23.0 Å². The maximum absolute atomic E-state index is 13.4. The highest BCUT2D eigenvalue weighted by Crippen LogP contribution is 2.32. The van der Waals surface area contributed by atoms with Crippen LogP contribution >= 0.6 is 0 Å². The first-order valence-electron chi connectivity index (χ1n) is 13.1. The second kappa shape index (κ2) is 10.6. The summed E-state index contributed by atoms with van der Waals surface area (Å²) < 4.78 is 16.7. The zero-order chi connectivity index (χ0) is 27.6. The molecule has 1 N–H and O–H groups in total. The van der Waals surface area contributed by atoms with Crippen LogP contribution in [-0.2, 0) is 13.0 Å². The van der Waals surface area contributed by atoms with Gasteiger partial charge in [-0.05, 0) is 59.3 Å². The van der Waals surface area contributed by atoms with Gasteiger partial charge in [-0.1, -0.05) is 36.4 Å². The third kappa shape index (κ3) is 4.89. The van der Waals surface area contributed by atoms with Crippen molar-refractivity contribution in [3.05, 3.63) is 113 Å². The second-order valence-electron chi connectivity index (χ2n) is 9.70. The highest BCUT2D eigenvalue weighted by Gasteiger charge is 2.26. The average molecular weight is 533 g/mol. The Morgan fingerprint density at radius 1 is 0.850 bits per heavy atom. The van der Waals surface area contributed by atoms with Gasteiger partial charge in [-0.2, -0.15) is 0 Å². The summed E-state index contributed by atoms with van der Waals surface area (Å²) in [6.45, 7) is 1.10. The maximum Gasteiger partial charge on any atom is 0.255 e. The van der Waals surface area contributed by atoms with Crippen LogP contribution in [0.5, 0.6) is 11.5 Å². The fraction of sp³-hybridized carbons (Fsp3) is 0.152. The number of fused-ring (bicyclic) bond motifs is 2. The molecule has 1 aliphatic rings. The third-order valence-corrected chi connectivity index (χ3v) is 7.21. The van der Waals surface area contributed by atoms with Crippen molar-refractivity contribution in [2.45, 2.75) is 13.0 Å². The Balaban J connectivity index is 1.16. The summed E-state index contributed by atoms with van der Waals surface area (Å²) in [6, 6.07) is 28.3. The first-order valence-corrected chi connectivity index (χ1v) is 13.1. The van der Waals surface area contributed by atoms with Crippen molar-refractivity contribution in [3.63, 3.8) is 0 Å². The number of hydrogen-bond acceptors (Lipinski definition) is 5. The molecular weight excluding hydrogens is 504 g/mol. The minimum atomic E-state index is -0.269. The number of amides is 2. The Kier molecular flexibility index (Phi) is 6.70. The standard InChI is InChI=1S/C33H28N2O5/c1-38-26-16-23(17-27(19-26)39-2)32(36)34-25-12-10-22(11-13-25)31-18-24-20-35(15-14-30(24)40-31)33(37)29-9-5-7-21-6-3-4-8-28(21)29/h3-13,16-19H,14-15,20H2,1-2H3,(H,34,36). The molecule has 0 spiro atoms. The summed E-state index contributed by atoms with van der Waals surface area (Å²) in [7, 11) is 3.09. The van der Waals surface area contributed by atoms with Crippen molar-refractivity contribution in [1.82, 2.24) is 4.90 Å². The van der Waals surface area contributed by atoms with Crippen LogP contribution in [0.15, 0.2) is 95.4 Å². The Labute approximate surface area is 231 Å². The normalized spacial score (nSPS) is 12.6. The molecule has 0 atom stereocenters. The summed E-state index contributed by atoms with van der Waals surface area (Å²) in [5.41, 5.74) is 3.71. The van der Waals surface area contributed by atoms with E-state index in [9.17, 15) is 9.59 Å². The molecule has 0 unspecified atom stereocenters. The molecule has 0 bridgehead atoms. The first kappa shape index (κ1) is 25.2. The molecule has 7 nitrogen and oxygen atoms in total. The third-order valence-electron chi connectivity index (χ3n) is 7.21. The second-order valence-corrected chi connectivity index (χ2v) is 9.70. The number of anilines is 1. The molecule has 40 heavy (non-hydrogen) atoms. The van der Waals surface area contributed by atoms with Gasteiger partial charge in [0.2, 0.25) is 0 Å². The summed E-state index contributed by atoms with van der Waals surface area (Å²) in [4.78, 5) is 28.2. The molecule has 0 saturated carbocycles. The predicted octanol–water partition coefficient (Wildman–Crippen LogP) is 6.57. The zero-order valence-electron chi connectivity index (χ0n) is 22.3. The van der Waals surface area contributed by atoms with Gasteiger partial charge in [0.25, 0.3) is 11.8 Å². The number of methoxy groups -OCH3 is 2. The maximum atomic E-state index is 13.4. The van der Waals surface area contributed by atoms with Gasteiger partial charge < -0.3 is 24.1 Å². The first-order chi connectivity index (χ1) is 19.5. The smallest absolute Gasteiger partial charge is 0.255 e. The van der Waals surface area contributed by atoms with Gasteiger partial charge in [0.05, 0.1) is 14.2 Å². The number of carbonyl (C=O) groups is 2. The van der Waals surface area contributed by atoms with Crippen molar-refractivity contribution in [3.8, 4) is 22.8 Å². The van der Waals surface area contributed by atoms with Gasteiger partial charge in [-0.3, -0.25) is 9.59 Å². The van der Waals surface area contributed by atoms with Crippen molar-refractivity contribution in [2.75, 3.05) is 26.1 Å². The van der Waals surface area contributed by atoms with Crippen LogP contribution in [0.2, 0.25) is 0 Å². The molecule has 1 aromatic heterocycles. The largest absolute Gasteiger partial charge is 0.497 e. The monoisotopic (exact) mass is 532 g/mol. The molecule has 6 rings (SSSR count). The number of benzene rings is 4. The Bertz CT molecular complexity index is 1690. The van der Waals surface area contributed by atoms with E-state index in [-0.39, 0.29) is 11.8 Å². The Morgan fingerprint density at radius 3 is 2.33 bits per heavy atom. The zero-order valence-corrected chi connectivity index (χ0v) is 22.3. The Hall–Kier alpha value is -5.04. The number of carbonyl (C=O) groups excluding carboxylic acids is 2. The average Bonchev–Trinajstić information content (AvgIpc) is 3.44. The number of nitrogens with zero attached hydrogens (tertiary/aromatic N) is 1. The highest BCUT2D eigenvalue weighted by atomic mass is 16.5. The van der Waals surface area contributed by atoms with Crippen LogP contribution in [0.4, 0.5) is 5.69 Å². The van der Waals surface area contributed by atoms with Crippen molar-refractivity contribution < 1.29 is 23.5 Å². The van der Waals surface area contributed by atoms with E-state index in [1.165, 1.54) is 0 Å². The van der Waals surface area contributed by atoms with Gasteiger partial charge in [0, 0.05) is 53.5 Å². The van der Waals surface area contributed by atoms with E-state index in [1.54, 1.807) is 32.4 Å². The summed E-state index contributed by atoms with van der Waals surface area (Å²) in [5, 5.41) is 4.93. The summed E-state index contributed by atoms with van der Waals surface area (Å²) >= 11 is 0. The van der Waals surface area contributed by atoms with Crippen LogP contribution in [0.1, 0.15) is 32.0 Å². The van der Waals surface area contributed by atoms with Gasteiger partial charge >= 0.3 is 0 Å². The summed E-state index contributed by atoms with van der Waals surface area (Å²) in [6.07, 6.45) is 0.657. The molecule has 200 valence electrons. The lowest BCUT2D eigenvalue weighted by Gasteiger charge is -2.26. The SMILES string of the molecule is COc1cc(OC)cc(C(=O)Nc2ccc(-c3cc4c(o3)CCN(C(=O)c3cccc5ccccc35)C4)cc2)c1. The molecule has 0 radical (unpaired) electrons. The number of rotatable bonds is 6. The highest BCUT2D eigenvalue weighted by molar-refractivity contribution is 6.07. The quantitative estimate of drug-likeness (QED) is 0.268. The van der Waals surface area contributed by atoms with E-state index in [1.807, 2.05) is 77.7 Å². The van der Waals surface area contributed by atoms with E-state index in [0.29, 0.717) is 42.3 Å². The number of furan rings is 1. The lowest BCUT2D eigenvalue weighted by atomic mass is 10.0. The molecule has 2 amide bonds. The van der Waals surface area contributed by atoms with Crippen LogP contribution < -0.4 is 14.8 Å². The topological polar surface area (TPSA) is 81.0 Å². The Morgan fingerprint density at radius 2 is 1.57 bits per heavy atom. The van der Waals surface area contributed by atoms with Crippen LogP contribution in [0, 0.1) is 0 Å². The van der Waals surface area contributed by atoms with Crippen LogP contribution in [0.3, 0.4) is 0 Å². The number of ether oxygens (including phenoxy) is 2. The molecule has 0 saturated heterocycles. The fourth-order valence-corrected chi connectivity index (χ4v) is 5.09. The minimum Gasteiger partial charge on any atom is -0.497 e. The van der Waals surface area contributed by atoms with E-state index in [2.05, 4.69) is 5.32 Å². The van der Waals surface area contributed by atoms with E-state index < -0.39 is 0 Å². The van der Waals surface area contributed by atoms with Crippen LogP contribution in [-0.4, -0.2) is 37.5 Å². The van der Waals surface area contributed by atoms with E-state index in [0.717, 1.165) is 39.0 Å². The van der Waals surface area contributed by atoms with E-state index in [4.69, 9.17) is 13.9 Å². The van der Waals surface area contributed by atoms with E-state index >= 15 is 0 Å². The van der Waals surface area contributed by atoms with Crippen molar-refractivity contribution >= 4 is 28.3 Å². The van der Waals surface area contributed by atoms with Gasteiger partial charge in [-0.25, -0.2) is 0 Å². The van der Waals surface area contributed by atoms with Gasteiger partial charge in [0.15, 0.2) is 0 Å². The van der Waals surface area contributed by atoms with Crippen molar-refractivity contribution in [2.24, 2.45) is 0 Å². The van der Waals surface area contributed by atoms with Crippen molar-refractivity contribution in [1.29, 1.82) is 0 Å². The molecule has 7 heteroatoms. The lowest BCUT2D eigenvalue weighted by molar-refractivity contribution is 0.0732. The number of nitrogens with one attached hydrogen (secondary N) is 1. The molecular formula is C33H28N2O5. The predicted molar refractivity (Wildman–Crippen MR) is 154 cm³/mol. The summed E-state index contributed by atoms with van der Waals surface area (Å²) in [5.74, 6) is 2.48. The van der Waals surface area contributed by atoms with Gasteiger partial charge in [-0.15, -0.1) is 0 Å². The molecule has 5 aromatic rings. The molecule has 0 aliphatic carbocycles. The fourth-order valence-electron chi connectivity index (χ4n) is 5.09. The number of hydrogen-bond donors (Lipinski definition) is 1. The molecule has 2 heterocycles. The lowest BCUT2D eigenvalue weighted by Crippen LogP contribution is -2.35. The van der Waals surface area contributed by atoms with Crippen LogP contribution in [0.25, 0.3) is 22.1 Å². The molecule has 0 fully saturated rings.